The number of hydrogen-bond acceptors (Lipinski definition) is 5. The van der Waals surface area contributed by atoms with Crippen LogP contribution in [-0.4, -0.2) is 29.4 Å². The predicted octanol–water partition coefficient (Wildman–Crippen LogP) is 4.82. The number of ether oxygens (including phenoxy) is 1. The van der Waals surface area contributed by atoms with Crippen molar-refractivity contribution in [2.45, 2.75) is 19.8 Å². The molecule has 0 unspecified atom stereocenters. The maximum Gasteiger partial charge on any atom is 0.269 e. The van der Waals surface area contributed by atoms with Crippen LogP contribution in [0.25, 0.3) is 10.8 Å². The molecule has 0 bridgehead atoms. The Morgan fingerprint density at radius 3 is 2.40 bits per heavy atom. The summed E-state index contributed by atoms with van der Waals surface area (Å²) in [6.45, 7) is 1.64. The molecule has 0 saturated heterocycles. The van der Waals surface area contributed by atoms with E-state index < -0.39 is 11.8 Å². The van der Waals surface area contributed by atoms with E-state index in [0.29, 0.717) is 23.4 Å². The van der Waals surface area contributed by atoms with Gasteiger partial charge in [-0.2, -0.15) is 0 Å². The van der Waals surface area contributed by atoms with Gasteiger partial charge in [0.15, 0.2) is 11.7 Å². The summed E-state index contributed by atoms with van der Waals surface area (Å²) < 4.78 is 7.31. The molecule has 3 aromatic carbocycles. The number of thiocarbonyl (C=S) groups is 1. The number of fused-ring (bicyclic) bond motifs is 1. The van der Waals surface area contributed by atoms with Gasteiger partial charge < -0.3 is 10.1 Å². The van der Waals surface area contributed by atoms with Crippen LogP contribution in [-0.2, 0) is 9.59 Å². The molecule has 35 heavy (non-hydrogen) atoms. The van der Waals surface area contributed by atoms with E-state index in [1.807, 2.05) is 31.2 Å². The molecule has 8 nitrogen and oxygen atoms in total. The van der Waals surface area contributed by atoms with Crippen LogP contribution in [0.5, 0.6) is 5.75 Å². The molecule has 0 atom stereocenters. The number of hydrogen-bond donors (Lipinski definition) is 4. The van der Waals surface area contributed by atoms with Gasteiger partial charge in [-0.15, -0.1) is 0 Å². The van der Waals surface area contributed by atoms with Crippen molar-refractivity contribution in [1.82, 2.24) is 16.2 Å². The average molecular weight is 622 g/mol. The molecule has 0 aromatic heterocycles. The van der Waals surface area contributed by atoms with Crippen LogP contribution < -0.4 is 26.2 Å². The maximum absolute atomic E-state index is 12.3. The van der Waals surface area contributed by atoms with Crippen molar-refractivity contribution in [2.24, 2.45) is 0 Å². The SMILES string of the molecule is CCCC(=O)Nc1ccc(C(=O)NNC(=S)NC(=O)COc2ccc3cc(Br)ccc3c2Br)cc1. The molecular weight excluding hydrogens is 600 g/mol. The number of hydrazine groups is 1. The molecule has 0 fully saturated rings. The molecule has 3 rings (SSSR count). The van der Waals surface area contributed by atoms with E-state index >= 15 is 0 Å². The summed E-state index contributed by atoms with van der Waals surface area (Å²) in [5.74, 6) is -0.531. The van der Waals surface area contributed by atoms with Crippen molar-refractivity contribution in [3.63, 3.8) is 0 Å². The standard InChI is InChI=1S/C24H22Br2N4O4S/c1-2-3-20(31)27-17-8-4-14(5-9-17)23(33)29-30-24(35)28-21(32)13-34-19-11-6-15-12-16(25)7-10-18(15)22(19)26/h4-12H,2-3,13H2,1H3,(H,27,31)(H,29,33)(H2,28,30,32,35). The molecule has 0 spiro atoms. The summed E-state index contributed by atoms with van der Waals surface area (Å²) in [6.07, 6.45) is 1.18. The number of nitrogens with one attached hydrogen (secondary N) is 4. The highest BCUT2D eigenvalue weighted by Crippen LogP contribution is 2.34. The Kier molecular flexibility index (Phi) is 9.58. The van der Waals surface area contributed by atoms with E-state index in [1.165, 1.54) is 0 Å². The summed E-state index contributed by atoms with van der Waals surface area (Å²) in [6, 6.07) is 15.9. The number of rotatable bonds is 7. The maximum atomic E-state index is 12.3. The first-order valence-electron chi connectivity index (χ1n) is 10.6. The monoisotopic (exact) mass is 620 g/mol. The minimum absolute atomic E-state index is 0.0853. The van der Waals surface area contributed by atoms with E-state index in [9.17, 15) is 14.4 Å². The number of halogens is 2. The number of benzene rings is 3. The Morgan fingerprint density at radius 2 is 1.69 bits per heavy atom. The molecule has 4 N–H and O–H groups in total. The number of carbonyl (C=O) groups is 3. The van der Waals surface area contributed by atoms with Gasteiger partial charge in [-0.25, -0.2) is 0 Å². The van der Waals surface area contributed by atoms with Gasteiger partial charge in [-0.3, -0.25) is 30.6 Å². The highest BCUT2D eigenvalue weighted by atomic mass is 79.9. The Labute approximate surface area is 224 Å². The van der Waals surface area contributed by atoms with Crippen LogP contribution in [0.1, 0.15) is 30.1 Å². The highest BCUT2D eigenvalue weighted by molar-refractivity contribution is 9.11. The van der Waals surface area contributed by atoms with E-state index in [2.05, 4.69) is 53.3 Å². The molecule has 0 saturated carbocycles. The third kappa shape index (κ3) is 7.74. The normalized spacial score (nSPS) is 10.4. The second-order valence-electron chi connectivity index (χ2n) is 7.36. The van der Waals surface area contributed by atoms with E-state index in [-0.39, 0.29) is 17.6 Å². The van der Waals surface area contributed by atoms with Gasteiger partial charge in [-0.05, 0) is 87.8 Å². The van der Waals surface area contributed by atoms with Gasteiger partial charge in [-0.1, -0.05) is 35.0 Å². The fraction of sp³-hybridized carbons (Fsp3) is 0.167. The lowest BCUT2D eigenvalue weighted by Gasteiger charge is -2.13. The zero-order valence-electron chi connectivity index (χ0n) is 18.6. The summed E-state index contributed by atoms with van der Waals surface area (Å²) in [7, 11) is 0. The molecule has 11 heteroatoms. The van der Waals surface area contributed by atoms with E-state index in [0.717, 1.165) is 26.1 Å². The molecule has 0 heterocycles. The quantitative estimate of drug-likeness (QED) is 0.223. The van der Waals surface area contributed by atoms with E-state index in [1.54, 1.807) is 30.3 Å². The zero-order valence-corrected chi connectivity index (χ0v) is 22.6. The summed E-state index contributed by atoms with van der Waals surface area (Å²) >= 11 is 12.0. The number of anilines is 1. The first-order chi connectivity index (χ1) is 16.8. The van der Waals surface area contributed by atoms with Gasteiger partial charge in [0.2, 0.25) is 5.91 Å². The smallest absolute Gasteiger partial charge is 0.269 e. The Bertz CT molecular complexity index is 1270. The summed E-state index contributed by atoms with van der Waals surface area (Å²) in [5.41, 5.74) is 5.83. The number of carbonyl (C=O) groups excluding carboxylic acids is 3. The van der Waals surface area contributed by atoms with Crippen LogP contribution in [0, 0.1) is 0 Å². The second kappa shape index (κ2) is 12.6. The third-order valence-corrected chi connectivity index (χ3v) is 6.21. The summed E-state index contributed by atoms with van der Waals surface area (Å²) in [5, 5.41) is 7.06. The summed E-state index contributed by atoms with van der Waals surface area (Å²) in [4.78, 5) is 36.1. The molecule has 0 aliphatic rings. The first-order valence-corrected chi connectivity index (χ1v) is 12.6. The first kappa shape index (κ1) is 26.6. The molecular formula is C24H22Br2N4O4S. The van der Waals surface area contributed by atoms with Crippen molar-refractivity contribution in [3.05, 3.63) is 69.1 Å². The molecule has 0 aliphatic carbocycles. The lowest BCUT2D eigenvalue weighted by molar-refractivity contribution is -0.121. The minimum atomic E-state index is -0.494. The van der Waals surface area contributed by atoms with Gasteiger partial charge in [0.25, 0.3) is 11.8 Å². The minimum Gasteiger partial charge on any atom is -0.483 e. The van der Waals surface area contributed by atoms with Gasteiger partial charge in [0, 0.05) is 22.1 Å². The van der Waals surface area contributed by atoms with Gasteiger partial charge in [0.1, 0.15) is 5.75 Å². The number of amides is 3. The fourth-order valence-corrected chi connectivity index (χ4v) is 4.18. The van der Waals surface area contributed by atoms with Crippen LogP contribution >= 0.6 is 44.1 Å². The lowest BCUT2D eigenvalue weighted by atomic mass is 10.1. The molecule has 0 radical (unpaired) electrons. The van der Waals surface area contributed by atoms with Crippen molar-refractivity contribution in [2.75, 3.05) is 11.9 Å². The topological polar surface area (TPSA) is 109 Å². The molecule has 3 aromatic rings. The fourth-order valence-electron chi connectivity index (χ4n) is 3.03. The molecule has 182 valence electrons. The average Bonchev–Trinajstić information content (AvgIpc) is 2.82. The lowest BCUT2D eigenvalue weighted by Crippen LogP contribution is -2.49. The second-order valence-corrected chi connectivity index (χ2v) is 9.48. The Hall–Kier alpha value is -3.02. The largest absolute Gasteiger partial charge is 0.483 e. The van der Waals surface area contributed by atoms with Crippen LogP contribution in [0.3, 0.4) is 0 Å². The highest BCUT2D eigenvalue weighted by Gasteiger charge is 2.12. The van der Waals surface area contributed by atoms with Crippen molar-refractivity contribution in [3.8, 4) is 5.75 Å². The van der Waals surface area contributed by atoms with Crippen LogP contribution in [0.4, 0.5) is 5.69 Å². The Morgan fingerprint density at radius 1 is 0.943 bits per heavy atom. The van der Waals surface area contributed by atoms with Crippen molar-refractivity contribution >= 4 is 83.4 Å². The molecule has 3 amide bonds. The van der Waals surface area contributed by atoms with Gasteiger partial charge in [0.05, 0.1) is 4.47 Å². The predicted molar refractivity (Wildman–Crippen MR) is 146 cm³/mol. The van der Waals surface area contributed by atoms with E-state index in [4.69, 9.17) is 17.0 Å². The van der Waals surface area contributed by atoms with Crippen LogP contribution in [0.15, 0.2) is 63.5 Å². The van der Waals surface area contributed by atoms with Crippen molar-refractivity contribution < 1.29 is 19.1 Å². The molecule has 0 aliphatic heterocycles. The van der Waals surface area contributed by atoms with Crippen molar-refractivity contribution in [1.29, 1.82) is 0 Å². The zero-order chi connectivity index (χ0) is 25.4. The van der Waals surface area contributed by atoms with Gasteiger partial charge >= 0.3 is 0 Å². The third-order valence-electron chi connectivity index (χ3n) is 4.69. The van der Waals surface area contributed by atoms with Crippen LogP contribution in [0.2, 0.25) is 0 Å². The Balaban J connectivity index is 1.45.